The van der Waals surface area contributed by atoms with Gasteiger partial charge in [0.25, 0.3) is 0 Å². The highest BCUT2D eigenvalue weighted by atomic mass is 16.3. The largest absolute Gasteiger partial charge is 0.389 e. The zero-order valence-corrected chi connectivity index (χ0v) is 11.0. The number of aliphatic hydroxyl groups is 1. The van der Waals surface area contributed by atoms with Crippen LogP contribution in [0.5, 0.6) is 0 Å². The van der Waals surface area contributed by atoms with Crippen molar-refractivity contribution in [3.8, 4) is 0 Å². The smallest absolute Gasteiger partial charge is 0.0718 e. The van der Waals surface area contributed by atoms with E-state index in [0.717, 1.165) is 12.8 Å². The number of hydrogen-bond donors (Lipinski definition) is 1. The molecule has 90 valence electrons. The fourth-order valence-corrected chi connectivity index (χ4v) is 5.83. The number of rotatable bonds is 0. The van der Waals surface area contributed by atoms with E-state index in [1.807, 2.05) is 0 Å². The van der Waals surface area contributed by atoms with E-state index >= 15 is 0 Å². The Morgan fingerprint density at radius 2 is 1.88 bits per heavy atom. The third-order valence-electron chi connectivity index (χ3n) is 6.10. The fraction of sp³-hybridized carbons (Fsp3) is 0.867. The maximum Gasteiger partial charge on any atom is 0.0718 e. The van der Waals surface area contributed by atoms with Gasteiger partial charge in [-0.25, -0.2) is 0 Å². The Balaban J connectivity index is 2.21. The van der Waals surface area contributed by atoms with E-state index < -0.39 is 5.60 Å². The SMILES string of the molecule is CC1(C)C[C@]2(C)CC=CC23[C@H]1CC[C@]3(C)O. The molecule has 1 unspecified atom stereocenters. The molecule has 1 spiro atoms. The van der Waals surface area contributed by atoms with Crippen molar-refractivity contribution in [2.45, 2.75) is 59.0 Å². The topological polar surface area (TPSA) is 20.2 Å². The Morgan fingerprint density at radius 3 is 2.56 bits per heavy atom. The standard InChI is InChI=1S/C15H24O/c1-12(2)10-13(3)7-5-8-15(13)11(12)6-9-14(15,4)16/h5,8,11,16H,6-7,9-10H2,1-4H3/t11-,13-,14-,15?/m0/s1. The second kappa shape index (κ2) is 2.58. The minimum atomic E-state index is -0.493. The van der Waals surface area contributed by atoms with Crippen LogP contribution in [0.2, 0.25) is 0 Å². The van der Waals surface area contributed by atoms with Crippen LogP contribution in [0.4, 0.5) is 0 Å². The van der Waals surface area contributed by atoms with E-state index in [2.05, 4.69) is 39.8 Å². The highest BCUT2D eigenvalue weighted by Gasteiger charge is 2.72. The molecule has 4 atom stereocenters. The van der Waals surface area contributed by atoms with Gasteiger partial charge in [0.1, 0.15) is 0 Å². The molecule has 0 saturated heterocycles. The van der Waals surface area contributed by atoms with E-state index in [1.54, 1.807) is 0 Å². The van der Waals surface area contributed by atoms with E-state index in [0.29, 0.717) is 16.7 Å². The molecule has 0 bridgehead atoms. The van der Waals surface area contributed by atoms with Gasteiger partial charge in [0, 0.05) is 5.41 Å². The Hall–Kier alpha value is -0.300. The van der Waals surface area contributed by atoms with Crippen LogP contribution < -0.4 is 0 Å². The fourth-order valence-electron chi connectivity index (χ4n) is 5.83. The highest BCUT2D eigenvalue weighted by molar-refractivity contribution is 5.32. The lowest BCUT2D eigenvalue weighted by atomic mass is 9.60. The van der Waals surface area contributed by atoms with Gasteiger partial charge in [0.2, 0.25) is 0 Å². The molecule has 0 amide bonds. The summed E-state index contributed by atoms with van der Waals surface area (Å²) in [7, 11) is 0. The Kier molecular flexibility index (Phi) is 1.75. The second-order valence-corrected chi connectivity index (χ2v) is 7.57. The van der Waals surface area contributed by atoms with Crippen molar-refractivity contribution in [3.63, 3.8) is 0 Å². The van der Waals surface area contributed by atoms with E-state index in [4.69, 9.17) is 0 Å². The summed E-state index contributed by atoms with van der Waals surface area (Å²) in [5.74, 6) is 0.666. The summed E-state index contributed by atoms with van der Waals surface area (Å²) < 4.78 is 0. The molecule has 3 aliphatic rings. The molecule has 3 rings (SSSR count). The predicted octanol–water partition coefficient (Wildman–Crippen LogP) is 3.53. The molecule has 2 fully saturated rings. The molecule has 0 aromatic carbocycles. The van der Waals surface area contributed by atoms with Crippen LogP contribution >= 0.6 is 0 Å². The maximum atomic E-state index is 10.9. The lowest BCUT2D eigenvalue weighted by Gasteiger charge is -2.46. The molecule has 1 heteroatoms. The first-order chi connectivity index (χ1) is 7.25. The molecule has 0 aliphatic heterocycles. The molecule has 16 heavy (non-hydrogen) atoms. The molecule has 0 aromatic heterocycles. The van der Waals surface area contributed by atoms with Gasteiger partial charge < -0.3 is 5.11 Å². The van der Waals surface area contributed by atoms with Crippen LogP contribution in [0, 0.1) is 22.2 Å². The van der Waals surface area contributed by atoms with Crippen LogP contribution in [0.25, 0.3) is 0 Å². The first-order valence-corrected chi connectivity index (χ1v) is 6.65. The molecule has 0 radical (unpaired) electrons. The van der Waals surface area contributed by atoms with Gasteiger partial charge in [0.05, 0.1) is 5.60 Å². The summed E-state index contributed by atoms with van der Waals surface area (Å²) >= 11 is 0. The molecular formula is C15H24O. The molecular weight excluding hydrogens is 196 g/mol. The maximum absolute atomic E-state index is 10.9. The van der Waals surface area contributed by atoms with Crippen molar-refractivity contribution in [1.29, 1.82) is 0 Å². The van der Waals surface area contributed by atoms with Crippen LogP contribution in [-0.4, -0.2) is 10.7 Å². The molecule has 0 aromatic rings. The normalized spacial score (nSPS) is 57.7. The van der Waals surface area contributed by atoms with Crippen LogP contribution in [0.1, 0.15) is 53.4 Å². The third kappa shape index (κ3) is 0.895. The number of hydrogen-bond acceptors (Lipinski definition) is 1. The summed E-state index contributed by atoms with van der Waals surface area (Å²) in [5, 5.41) is 10.9. The minimum absolute atomic E-state index is 0.0590. The van der Waals surface area contributed by atoms with E-state index in [1.165, 1.54) is 12.8 Å². The van der Waals surface area contributed by atoms with Gasteiger partial charge in [-0.15, -0.1) is 0 Å². The minimum Gasteiger partial charge on any atom is -0.389 e. The van der Waals surface area contributed by atoms with Crippen molar-refractivity contribution < 1.29 is 5.11 Å². The lowest BCUT2D eigenvalue weighted by molar-refractivity contribution is -0.0776. The van der Waals surface area contributed by atoms with Gasteiger partial charge in [-0.1, -0.05) is 32.9 Å². The van der Waals surface area contributed by atoms with Crippen molar-refractivity contribution >= 4 is 0 Å². The molecule has 1 nitrogen and oxygen atoms in total. The molecule has 2 saturated carbocycles. The molecule has 1 N–H and O–H groups in total. The first kappa shape index (κ1) is 10.8. The lowest BCUT2D eigenvalue weighted by Crippen LogP contribution is -2.48. The molecule has 3 aliphatic carbocycles. The van der Waals surface area contributed by atoms with Gasteiger partial charge >= 0.3 is 0 Å². The van der Waals surface area contributed by atoms with Crippen molar-refractivity contribution in [2.75, 3.05) is 0 Å². The quantitative estimate of drug-likeness (QED) is 0.619. The van der Waals surface area contributed by atoms with Crippen LogP contribution in [0.3, 0.4) is 0 Å². The van der Waals surface area contributed by atoms with Gasteiger partial charge in [-0.2, -0.15) is 0 Å². The van der Waals surface area contributed by atoms with Crippen LogP contribution in [-0.2, 0) is 0 Å². The first-order valence-electron chi connectivity index (χ1n) is 6.65. The predicted molar refractivity (Wildman–Crippen MR) is 66.0 cm³/mol. The summed E-state index contributed by atoms with van der Waals surface area (Å²) in [6.45, 7) is 9.27. The van der Waals surface area contributed by atoms with Crippen molar-refractivity contribution in [1.82, 2.24) is 0 Å². The van der Waals surface area contributed by atoms with Crippen molar-refractivity contribution in [3.05, 3.63) is 12.2 Å². The average Bonchev–Trinajstić information content (AvgIpc) is 2.59. The zero-order valence-electron chi connectivity index (χ0n) is 11.0. The second-order valence-electron chi connectivity index (χ2n) is 7.57. The average molecular weight is 220 g/mol. The summed E-state index contributed by atoms with van der Waals surface area (Å²) in [4.78, 5) is 0. The number of allylic oxidation sites excluding steroid dienone is 1. The summed E-state index contributed by atoms with van der Waals surface area (Å²) in [6, 6.07) is 0. The van der Waals surface area contributed by atoms with Gasteiger partial charge in [-0.3, -0.25) is 0 Å². The Labute approximate surface area is 98.9 Å². The van der Waals surface area contributed by atoms with Gasteiger partial charge in [-0.05, 0) is 49.4 Å². The monoisotopic (exact) mass is 220 g/mol. The van der Waals surface area contributed by atoms with E-state index in [9.17, 15) is 5.11 Å². The summed E-state index contributed by atoms with van der Waals surface area (Å²) in [5.41, 5.74) is 0.248. The summed E-state index contributed by atoms with van der Waals surface area (Å²) in [6.07, 6.45) is 9.28. The van der Waals surface area contributed by atoms with E-state index in [-0.39, 0.29) is 5.41 Å². The third-order valence-corrected chi connectivity index (χ3v) is 6.10. The highest BCUT2D eigenvalue weighted by Crippen LogP contribution is 2.76. The molecule has 0 heterocycles. The Morgan fingerprint density at radius 1 is 1.19 bits per heavy atom. The zero-order chi connectivity index (χ0) is 11.8. The van der Waals surface area contributed by atoms with Gasteiger partial charge in [0.15, 0.2) is 0 Å². The Bertz CT molecular complexity index is 366. The van der Waals surface area contributed by atoms with Crippen molar-refractivity contribution in [2.24, 2.45) is 22.2 Å². The van der Waals surface area contributed by atoms with Crippen LogP contribution in [0.15, 0.2) is 12.2 Å².